The van der Waals surface area contributed by atoms with Crippen molar-refractivity contribution in [2.75, 3.05) is 0 Å². The third-order valence-electron chi connectivity index (χ3n) is 2.24. The first-order valence-electron chi connectivity index (χ1n) is 4.56. The van der Waals surface area contributed by atoms with Crippen LogP contribution in [0.2, 0.25) is 0 Å². The zero-order chi connectivity index (χ0) is 11.7. The summed E-state index contributed by atoms with van der Waals surface area (Å²) < 4.78 is 14.1. The van der Waals surface area contributed by atoms with Gasteiger partial charge in [-0.25, -0.2) is 4.39 Å². The molecule has 0 amide bonds. The summed E-state index contributed by atoms with van der Waals surface area (Å²) in [5.41, 5.74) is 0.256. The molecule has 0 radical (unpaired) electrons. The second-order valence-corrected chi connectivity index (χ2v) is 4.13. The molecule has 0 aliphatic carbocycles. The summed E-state index contributed by atoms with van der Waals surface area (Å²) in [6.45, 7) is 0. The fourth-order valence-electron chi connectivity index (χ4n) is 1.50. The Balaban J connectivity index is 2.73. The summed E-state index contributed by atoms with van der Waals surface area (Å²) in [4.78, 5) is 0. The van der Waals surface area contributed by atoms with Crippen LogP contribution in [0.5, 0.6) is 11.5 Å². The fraction of sp³-hybridized carbons (Fsp3) is 0. The average molecular weight is 283 g/mol. The van der Waals surface area contributed by atoms with Crippen LogP contribution in [0.25, 0.3) is 11.1 Å². The van der Waals surface area contributed by atoms with E-state index in [9.17, 15) is 14.6 Å². The zero-order valence-corrected chi connectivity index (χ0v) is 9.70. The molecule has 0 heterocycles. The van der Waals surface area contributed by atoms with E-state index in [1.54, 1.807) is 12.1 Å². The summed E-state index contributed by atoms with van der Waals surface area (Å²) in [7, 11) is 0. The summed E-state index contributed by atoms with van der Waals surface area (Å²) in [6, 6.07) is 8.97. The number of phenols is 2. The van der Waals surface area contributed by atoms with Gasteiger partial charge in [-0.3, -0.25) is 0 Å². The predicted molar refractivity (Wildman–Crippen MR) is 62.9 cm³/mol. The third-order valence-corrected chi connectivity index (χ3v) is 2.85. The van der Waals surface area contributed by atoms with Crippen molar-refractivity contribution in [3.05, 3.63) is 46.7 Å². The first-order valence-corrected chi connectivity index (χ1v) is 5.36. The molecular weight excluding hydrogens is 275 g/mol. The quantitative estimate of drug-likeness (QED) is 0.838. The van der Waals surface area contributed by atoms with Crippen LogP contribution in [-0.4, -0.2) is 10.2 Å². The van der Waals surface area contributed by atoms with Crippen LogP contribution in [0.1, 0.15) is 0 Å². The second kappa shape index (κ2) is 4.14. The van der Waals surface area contributed by atoms with Crippen molar-refractivity contribution in [1.29, 1.82) is 0 Å². The molecule has 0 unspecified atom stereocenters. The monoisotopic (exact) mass is 282 g/mol. The summed E-state index contributed by atoms with van der Waals surface area (Å²) in [5, 5.41) is 19.2. The Morgan fingerprint density at radius 3 is 2.12 bits per heavy atom. The molecule has 2 N–H and O–H groups in total. The Morgan fingerprint density at radius 2 is 1.50 bits per heavy atom. The molecule has 0 atom stereocenters. The molecule has 16 heavy (non-hydrogen) atoms. The molecule has 2 aromatic rings. The van der Waals surface area contributed by atoms with Crippen molar-refractivity contribution in [3.63, 3.8) is 0 Å². The van der Waals surface area contributed by atoms with Crippen molar-refractivity contribution >= 4 is 15.9 Å². The summed E-state index contributed by atoms with van der Waals surface area (Å²) in [5.74, 6) is -0.826. The van der Waals surface area contributed by atoms with Crippen LogP contribution in [0, 0.1) is 5.82 Å². The van der Waals surface area contributed by atoms with Gasteiger partial charge in [0.2, 0.25) is 0 Å². The van der Waals surface area contributed by atoms with Crippen LogP contribution in [-0.2, 0) is 0 Å². The average Bonchev–Trinajstić information content (AvgIpc) is 2.24. The Labute approximate surface area is 100 Å². The number of rotatable bonds is 1. The Hall–Kier alpha value is -1.55. The molecule has 82 valence electrons. The topological polar surface area (TPSA) is 40.5 Å². The molecule has 0 fully saturated rings. The van der Waals surface area contributed by atoms with Gasteiger partial charge in [-0.1, -0.05) is 18.2 Å². The van der Waals surface area contributed by atoms with Crippen molar-refractivity contribution in [1.82, 2.24) is 0 Å². The summed E-state index contributed by atoms with van der Waals surface area (Å²) >= 11 is 3.05. The van der Waals surface area contributed by atoms with E-state index >= 15 is 0 Å². The maximum absolute atomic E-state index is 13.8. The normalized spacial score (nSPS) is 10.4. The van der Waals surface area contributed by atoms with Crippen molar-refractivity contribution < 1.29 is 14.6 Å². The highest BCUT2D eigenvalue weighted by Crippen LogP contribution is 2.39. The predicted octanol–water partition coefficient (Wildman–Crippen LogP) is 3.67. The van der Waals surface area contributed by atoms with Gasteiger partial charge >= 0.3 is 0 Å². The van der Waals surface area contributed by atoms with Gasteiger partial charge in [0.1, 0.15) is 17.3 Å². The number of halogens is 2. The highest BCUT2D eigenvalue weighted by molar-refractivity contribution is 9.10. The lowest BCUT2D eigenvalue weighted by molar-refractivity contribution is 0.453. The van der Waals surface area contributed by atoms with Crippen molar-refractivity contribution in [2.24, 2.45) is 0 Å². The van der Waals surface area contributed by atoms with Crippen molar-refractivity contribution in [2.45, 2.75) is 0 Å². The van der Waals surface area contributed by atoms with Gasteiger partial charge in [0.05, 0.1) is 10.0 Å². The smallest absolute Gasteiger partial charge is 0.145 e. The molecule has 0 aliphatic rings. The van der Waals surface area contributed by atoms with E-state index < -0.39 is 5.82 Å². The second-order valence-electron chi connectivity index (χ2n) is 3.27. The number of aromatic hydroxyl groups is 2. The van der Waals surface area contributed by atoms with Crippen LogP contribution < -0.4 is 0 Å². The standard InChI is InChI=1S/C12H8BrFO2/c13-8-4-1-3-7(12(8)14)11-9(15)5-2-6-10(11)16/h1-6,15-16H. The van der Waals surface area contributed by atoms with E-state index in [0.717, 1.165) is 0 Å². The van der Waals surface area contributed by atoms with Gasteiger partial charge in [0.25, 0.3) is 0 Å². The molecule has 0 saturated heterocycles. The number of benzene rings is 2. The third kappa shape index (κ3) is 1.76. The lowest BCUT2D eigenvalue weighted by Crippen LogP contribution is -1.87. The molecule has 0 saturated carbocycles. The van der Waals surface area contributed by atoms with E-state index in [4.69, 9.17) is 0 Å². The Kier molecular flexibility index (Phi) is 2.83. The first-order chi connectivity index (χ1) is 7.61. The Bertz CT molecular complexity index is 520. The molecule has 0 bridgehead atoms. The van der Waals surface area contributed by atoms with Gasteiger partial charge in [0, 0.05) is 5.56 Å². The number of hydrogen-bond donors (Lipinski definition) is 2. The highest BCUT2D eigenvalue weighted by Gasteiger charge is 2.15. The van der Waals surface area contributed by atoms with E-state index in [1.165, 1.54) is 24.3 Å². The summed E-state index contributed by atoms with van der Waals surface area (Å²) in [6.07, 6.45) is 0. The molecule has 4 heteroatoms. The number of phenolic OH excluding ortho intramolecular Hbond substituents is 2. The van der Waals surface area contributed by atoms with Gasteiger partial charge in [0.15, 0.2) is 0 Å². The van der Waals surface area contributed by atoms with E-state index in [0.29, 0.717) is 0 Å². The molecule has 2 nitrogen and oxygen atoms in total. The minimum atomic E-state index is -0.515. The van der Waals surface area contributed by atoms with Crippen LogP contribution >= 0.6 is 15.9 Å². The van der Waals surface area contributed by atoms with Gasteiger partial charge < -0.3 is 10.2 Å². The van der Waals surface area contributed by atoms with Gasteiger partial charge in [-0.15, -0.1) is 0 Å². The van der Waals surface area contributed by atoms with Gasteiger partial charge in [-0.2, -0.15) is 0 Å². The molecule has 0 aromatic heterocycles. The van der Waals surface area contributed by atoms with E-state index in [-0.39, 0.29) is 27.1 Å². The Morgan fingerprint density at radius 1 is 0.938 bits per heavy atom. The maximum atomic E-state index is 13.8. The van der Waals surface area contributed by atoms with E-state index in [1.807, 2.05) is 0 Å². The molecule has 2 aromatic carbocycles. The largest absolute Gasteiger partial charge is 0.507 e. The maximum Gasteiger partial charge on any atom is 0.145 e. The zero-order valence-electron chi connectivity index (χ0n) is 8.11. The SMILES string of the molecule is Oc1cccc(O)c1-c1cccc(Br)c1F. The minimum Gasteiger partial charge on any atom is -0.507 e. The highest BCUT2D eigenvalue weighted by atomic mass is 79.9. The minimum absolute atomic E-state index is 0.0984. The van der Waals surface area contributed by atoms with Crippen molar-refractivity contribution in [3.8, 4) is 22.6 Å². The van der Waals surface area contributed by atoms with Crippen LogP contribution in [0.3, 0.4) is 0 Å². The molecule has 0 spiro atoms. The van der Waals surface area contributed by atoms with Crippen LogP contribution in [0.4, 0.5) is 4.39 Å². The van der Waals surface area contributed by atoms with Crippen LogP contribution in [0.15, 0.2) is 40.9 Å². The molecule has 0 aliphatic heterocycles. The number of hydrogen-bond acceptors (Lipinski definition) is 2. The van der Waals surface area contributed by atoms with Gasteiger partial charge in [-0.05, 0) is 34.1 Å². The lowest BCUT2D eigenvalue weighted by atomic mass is 10.0. The fourth-order valence-corrected chi connectivity index (χ4v) is 1.87. The van der Waals surface area contributed by atoms with E-state index in [2.05, 4.69) is 15.9 Å². The molecular formula is C12H8BrFO2. The molecule has 2 rings (SSSR count). The first kappa shape index (κ1) is 11.0. The lowest BCUT2D eigenvalue weighted by Gasteiger charge is -2.08.